The van der Waals surface area contributed by atoms with E-state index in [2.05, 4.69) is 15.0 Å². The summed E-state index contributed by atoms with van der Waals surface area (Å²) < 4.78 is 28.2. The van der Waals surface area contributed by atoms with Crippen LogP contribution in [-0.4, -0.2) is 44.5 Å². The lowest BCUT2D eigenvalue weighted by atomic mass is 10.2. The Morgan fingerprint density at radius 2 is 2.04 bits per heavy atom. The molecule has 0 atom stereocenters. The van der Waals surface area contributed by atoms with Crippen molar-refractivity contribution in [1.82, 2.24) is 19.5 Å². The van der Waals surface area contributed by atoms with Crippen LogP contribution in [0, 0.1) is 0 Å². The van der Waals surface area contributed by atoms with Crippen LogP contribution in [0.25, 0.3) is 0 Å². The normalized spacial score (nSPS) is 11.8. The number of aliphatic imine (C=N–C) groups is 1. The molecule has 28 heavy (non-hydrogen) atoms. The topological polar surface area (TPSA) is 78.7 Å². The van der Waals surface area contributed by atoms with Crippen molar-refractivity contribution in [2.45, 2.75) is 24.9 Å². The standard InChI is InChI=1S/C18H26ClN5O2S.HI/c1-5-21-18(24(4)13-16-10-15(19)12-23(16)3)22-11-14-7-6-8-17(9-14)27(25,26)20-2;/h6-10,12,20H,5,11,13H2,1-4H3,(H,21,22);1H. The van der Waals surface area contributed by atoms with Gasteiger partial charge < -0.3 is 14.8 Å². The van der Waals surface area contributed by atoms with Crippen molar-refractivity contribution in [3.8, 4) is 0 Å². The number of sulfonamides is 1. The molecule has 0 aliphatic rings. The molecule has 1 aromatic carbocycles. The van der Waals surface area contributed by atoms with Gasteiger partial charge in [0.05, 0.1) is 23.0 Å². The Hall–Kier alpha value is -1.30. The van der Waals surface area contributed by atoms with Crippen LogP contribution >= 0.6 is 35.6 Å². The molecular weight excluding hydrogens is 513 g/mol. The largest absolute Gasteiger partial charge is 0.357 e. The Balaban J connectivity index is 0.00000392. The van der Waals surface area contributed by atoms with Crippen molar-refractivity contribution >= 4 is 51.6 Å². The first-order valence-corrected chi connectivity index (χ1v) is 10.5. The SMILES string of the molecule is CCNC(=NCc1cccc(S(=O)(=O)NC)c1)N(C)Cc1cc(Cl)cn1C.I. The van der Waals surface area contributed by atoms with Gasteiger partial charge >= 0.3 is 0 Å². The number of benzene rings is 1. The predicted molar refractivity (Wildman–Crippen MR) is 125 cm³/mol. The lowest BCUT2D eigenvalue weighted by Crippen LogP contribution is -2.38. The zero-order valence-electron chi connectivity index (χ0n) is 16.4. The van der Waals surface area contributed by atoms with Crippen LogP contribution < -0.4 is 10.0 Å². The first-order chi connectivity index (χ1) is 12.8. The van der Waals surface area contributed by atoms with Gasteiger partial charge in [0.2, 0.25) is 10.0 Å². The van der Waals surface area contributed by atoms with E-state index in [1.807, 2.05) is 48.8 Å². The Kier molecular flexibility index (Phi) is 9.75. The molecule has 0 unspecified atom stereocenters. The van der Waals surface area contributed by atoms with Crippen LogP contribution in [0.4, 0.5) is 0 Å². The first-order valence-electron chi connectivity index (χ1n) is 8.59. The minimum atomic E-state index is -3.47. The number of hydrogen-bond acceptors (Lipinski definition) is 3. The molecule has 0 spiro atoms. The number of aromatic nitrogens is 1. The summed E-state index contributed by atoms with van der Waals surface area (Å²) in [6, 6.07) is 8.70. The molecule has 0 saturated carbocycles. The summed E-state index contributed by atoms with van der Waals surface area (Å²) in [6.07, 6.45) is 1.86. The highest BCUT2D eigenvalue weighted by Gasteiger charge is 2.12. The molecule has 10 heteroatoms. The third-order valence-corrected chi connectivity index (χ3v) is 5.68. The summed E-state index contributed by atoms with van der Waals surface area (Å²) in [5, 5.41) is 3.96. The maximum Gasteiger partial charge on any atom is 0.240 e. The molecule has 0 radical (unpaired) electrons. The second kappa shape index (κ2) is 11.0. The van der Waals surface area contributed by atoms with Gasteiger partial charge in [0, 0.05) is 32.5 Å². The third-order valence-electron chi connectivity index (χ3n) is 4.06. The quantitative estimate of drug-likeness (QED) is 0.322. The van der Waals surface area contributed by atoms with Gasteiger partial charge in [-0.05, 0) is 37.7 Å². The minimum Gasteiger partial charge on any atom is -0.357 e. The molecule has 0 aliphatic carbocycles. The monoisotopic (exact) mass is 539 g/mol. The maximum atomic E-state index is 12.0. The van der Waals surface area contributed by atoms with Crippen molar-refractivity contribution in [3.63, 3.8) is 0 Å². The van der Waals surface area contributed by atoms with Crippen molar-refractivity contribution < 1.29 is 8.42 Å². The first kappa shape index (κ1) is 24.7. The summed E-state index contributed by atoms with van der Waals surface area (Å²) >= 11 is 6.06. The van der Waals surface area contributed by atoms with Gasteiger partial charge in [-0.1, -0.05) is 23.7 Å². The molecular formula is C18H27ClIN5O2S. The predicted octanol–water partition coefficient (Wildman–Crippen LogP) is 2.80. The van der Waals surface area contributed by atoms with Gasteiger partial charge in [-0.25, -0.2) is 18.1 Å². The average Bonchev–Trinajstić information content (AvgIpc) is 2.95. The second-order valence-electron chi connectivity index (χ2n) is 6.14. The molecule has 1 heterocycles. The number of guanidine groups is 1. The van der Waals surface area contributed by atoms with Gasteiger partial charge in [0.1, 0.15) is 0 Å². The average molecular weight is 540 g/mol. The Morgan fingerprint density at radius 3 is 2.61 bits per heavy atom. The number of rotatable bonds is 7. The fourth-order valence-electron chi connectivity index (χ4n) is 2.61. The molecule has 1 aromatic heterocycles. The van der Waals surface area contributed by atoms with Gasteiger partial charge in [0.15, 0.2) is 5.96 Å². The third kappa shape index (κ3) is 6.64. The molecule has 0 bridgehead atoms. The van der Waals surface area contributed by atoms with Crippen LogP contribution in [0.2, 0.25) is 5.02 Å². The molecule has 156 valence electrons. The fraction of sp³-hybridized carbons (Fsp3) is 0.389. The highest BCUT2D eigenvalue weighted by atomic mass is 127. The molecule has 2 rings (SSSR count). The highest BCUT2D eigenvalue weighted by Crippen LogP contribution is 2.15. The van der Waals surface area contributed by atoms with Crippen LogP contribution in [0.15, 0.2) is 46.4 Å². The van der Waals surface area contributed by atoms with Crippen molar-refractivity contribution in [2.24, 2.45) is 12.0 Å². The zero-order valence-corrected chi connectivity index (χ0v) is 20.3. The molecule has 7 nitrogen and oxygen atoms in total. The second-order valence-corrected chi connectivity index (χ2v) is 8.46. The highest BCUT2D eigenvalue weighted by molar-refractivity contribution is 14.0. The summed E-state index contributed by atoms with van der Waals surface area (Å²) in [7, 11) is 1.83. The van der Waals surface area contributed by atoms with Crippen LogP contribution in [0.5, 0.6) is 0 Å². The number of nitrogens with one attached hydrogen (secondary N) is 2. The van der Waals surface area contributed by atoms with Crippen LogP contribution in [0.3, 0.4) is 0 Å². The van der Waals surface area contributed by atoms with E-state index in [4.69, 9.17) is 11.6 Å². The van der Waals surface area contributed by atoms with Crippen LogP contribution in [0.1, 0.15) is 18.2 Å². The fourth-order valence-corrected chi connectivity index (χ4v) is 3.68. The molecule has 2 aromatic rings. The van der Waals surface area contributed by atoms with E-state index in [1.54, 1.807) is 18.2 Å². The Labute approximate surface area is 189 Å². The molecule has 0 fully saturated rings. The number of halogens is 2. The maximum absolute atomic E-state index is 12.0. The molecule has 2 N–H and O–H groups in total. The Morgan fingerprint density at radius 1 is 1.32 bits per heavy atom. The van der Waals surface area contributed by atoms with Gasteiger partial charge in [0.25, 0.3) is 0 Å². The van der Waals surface area contributed by atoms with Crippen molar-refractivity contribution in [1.29, 1.82) is 0 Å². The van der Waals surface area contributed by atoms with Gasteiger partial charge in [-0.2, -0.15) is 0 Å². The number of hydrogen-bond donors (Lipinski definition) is 2. The van der Waals surface area contributed by atoms with Crippen LogP contribution in [-0.2, 0) is 30.2 Å². The number of nitrogens with zero attached hydrogens (tertiary/aromatic N) is 3. The van der Waals surface area contributed by atoms with E-state index in [9.17, 15) is 8.42 Å². The van der Waals surface area contributed by atoms with E-state index in [-0.39, 0.29) is 28.9 Å². The van der Waals surface area contributed by atoms with Crippen molar-refractivity contribution in [3.05, 3.63) is 52.8 Å². The minimum absolute atomic E-state index is 0. The summed E-state index contributed by atoms with van der Waals surface area (Å²) in [6.45, 7) is 3.74. The van der Waals surface area contributed by atoms with Gasteiger partial charge in [-0.15, -0.1) is 24.0 Å². The van der Waals surface area contributed by atoms with E-state index in [0.717, 1.165) is 23.8 Å². The molecule has 0 amide bonds. The number of aryl methyl sites for hydroxylation is 1. The van der Waals surface area contributed by atoms with E-state index >= 15 is 0 Å². The smallest absolute Gasteiger partial charge is 0.240 e. The zero-order chi connectivity index (χ0) is 20.0. The van der Waals surface area contributed by atoms with E-state index in [1.165, 1.54) is 7.05 Å². The Bertz CT molecular complexity index is 914. The summed E-state index contributed by atoms with van der Waals surface area (Å²) in [5.41, 5.74) is 1.88. The molecule has 0 aliphatic heterocycles. The summed E-state index contributed by atoms with van der Waals surface area (Å²) in [5.74, 6) is 0.733. The molecule has 0 saturated heterocycles. The van der Waals surface area contributed by atoms with E-state index < -0.39 is 10.0 Å². The van der Waals surface area contributed by atoms with Crippen molar-refractivity contribution in [2.75, 3.05) is 20.6 Å². The van der Waals surface area contributed by atoms with E-state index in [0.29, 0.717) is 18.1 Å². The van der Waals surface area contributed by atoms with Gasteiger partial charge in [-0.3, -0.25) is 0 Å². The summed E-state index contributed by atoms with van der Waals surface area (Å²) in [4.78, 5) is 6.87. The lowest BCUT2D eigenvalue weighted by molar-refractivity contribution is 0.462. The lowest BCUT2D eigenvalue weighted by Gasteiger charge is -2.22.